The van der Waals surface area contributed by atoms with E-state index in [0.29, 0.717) is 18.4 Å². The molecule has 1 aromatic rings. The Morgan fingerprint density at radius 2 is 2.06 bits per heavy atom. The van der Waals surface area contributed by atoms with E-state index >= 15 is 0 Å². The van der Waals surface area contributed by atoms with Gasteiger partial charge in [0.2, 0.25) is 0 Å². The maximum absolute atomic E-state index is 9.05. The molecule has 0 aromatic heterocycles. The first-order chi connectivity index (χ1) is 8.72. The lowest BCUT2D eigenvalue weighted by atomic mass is 9.90. The predicted octanol–water partition coefficient (Wildman–Crippen LogP) is 2.76. The summed E-state index contributed by atoms with van der Waals surface area (Å²) in [5, 5.41) is 9.05. The Kier molecular flexibility index (Phi) is 4.75. The van der Waals surface area contributed by atoms with Crippen LogP contribution >= 0.6 is 0 Å². The molecule has 0 spiro atoms. The third-order valence-electron chi connectivity index (χ3n) is 3.57. The van der Waals surface area contributed by atoms with Crippen LogP contribution in [0.25, 0.3) is 0 Å². The number of aliphatic hydroxyl groups excluding tert-OH is 1. The van der Waals surface area contributed by atoms with Crippen molar-refractivity contribution < 1.29 is 14.6 Å². The van der Waals surface area contributed by atoms with Crippen LogP contribution < -0.4 is 0 Å². The predicted molar refractivity (Wildman–Crippen MR) is 70.0 cm³/mol. The van der Waals surface area contributed by atoms with Gasteiger partial charge < -0.3 is 14.6 Å². The zero-order valence-corrected chi connectivity index (χ0v) is 11.1. The summed E-state index contributed by atoms with van der Waals surface area (Å²) in [6.45, 7) is 5.19. The Morgan fingerprint density at radius 1 is 1.33 bits per heavy atom. The lowest BCUT2D eigenvalue weighted by molar-refractivity contribution is -0.250. The van der Waals surface area contributed by atoms with Crippen LogP contribution in [-0.2, 0) is 9.47 Å². The molecule has 1 heterocycles. The summed E-state index contributed by atoms with van der Waals surface area (Å²) >= 11 is 0. The summed E-state index contributed by atoms with van der Waals surface area (Å²) in [5.41, 5.74) is 1.06. The van der Waals surface area contributed by atoms with Crippen molar-refractivity contribution in [3.63, 3.8) is 0 Å². The van der Waals surface area contributed by atoms with Crippen molar-refractivity contribution >= 4 is 0 Å². The van der Waals surface area contributed by atoms with Gasteiger partial charge >= 0.3 is 0 Å². The van der Waals surface area contributed by atoms with Crippen LogP contribution in [0.4, 0.5) is 0 Å². The Hall–Kier alpha value is -0.900. The van der Waals surface area contributed by atoms with E-state index in [1.54, 1.807) is 0 Å². The fourth-order valence-electron chi connectivity index (χ4n) is 2.50. The average Bonchev–Trinajstić information content (AvgIpc) is 2.40. The molecule has 0 bridgehead atoms. The van der Waals surface area contributed by atoms with E-state index in [1.807, 2.05) is 30.3 Å². The van der Waals surface area contributed by atoms with Crippen molar-refractivity contribution in [2.45, 2.75) is 32.7 Å². The fraction of sp³-hybridized carbons (Fsp3) is 0.600. The maximum Gasteiger partial charge on any atom is 0.184 e. The van der Waals surface area contributed by atoms with E-state index in [0.717, 1.165) is 12.0 Å². The maximum atomic E-state index is 9.05. The topological polar surface area (TPSA) is 38.7 Å². The molecule has 1 aromatic carbocycles. The molecular weight excluding hydrogens is 228 g/mol. The van der Waals surface area contributed by atoms with E-state index in [-0.39, 0.29) is 19.0 Å². The van der Waals surface area contributed by atoms with Gasteiger partial charge in [-0.25, -0.2) is 0 Å². The Labute approximate surface area is 109 Å². The summed E-state index contributed by atoms with van der Waals surface area (Å²) < 4.78 is 11.8. The molecular formula is C15H22O3. The lowest BCUT2D eigenvalue weighted by Crippen LogP contribution is -2.39. The van der Waals surface area contributed by atoms with E-state index in [4.69, 9.17) is 14.6 Å². The first-order valence-electron chi connectivity index (χ1n) is 6.65. The second kappa shape index (κ2) is 6.32. The zero-order chi connectivity index (χ0) is 13.0. The van der Waals surface area contributed by atoms with Crippen molar-refractivity contribution in [2.24, 2.45) is 11.8 Å². The van der Waals surface area contributed by atoms with Crippen LogP contribution in [0.5, 0.6) is 0 Å². The van der Waals surface area contributed by atoms with Gasteiger partial charge in [-0.2, -0.15) is 0 Å². The molecule has 100 valence electrons. The van der Waals surface area contributed by atoms with Gasteiger partial charge in [0.25, 0.3) is 0 Å². The molecule has 4 atom stereocenters. The van der Waals surface area contributed by atoms with Gasteiger partial charge in [0.1, 0.15) is 0 Å². The van der Waals surface area contributed by atoms with Crippen LogP contribution in [0.3, 0.4) is 0 Å². The highest BCUT2D eigenvalue weighted by atomic mass is 16.7. The van der Waals surface area contributed by atoms with Crippen molar-refractivity contribution in [2.75, 3.05) is 13.2 Å². The lowest BCUT2D eigenvalue weighted by Gasteiger charge is -2.38. The molecule has 1 fully saturated rings. The summed E-state index contributed by atoms with van der Waals surface area (Å²) in [5.74, 6) is 0.714. The molecule has 4 unspecified atom stereocenters. The summed E-state index contributed by atoms with van der Waals surface area (Å²) in [4.78, 5) is 0. The largest absolute Gasteiger partial charge is 0.396 e. The number of aliphatic hydroxyl groups is 1. The van der Waals surface area contributed by atoms with Crippen LogP contribution in [0.2, 0.25) is 0 Å². The van der Waals surface area contributed by atoms with E-state index in [2.05, 4.69) is 13.8 Å². The average molecular weight is 250 g/mol. The third kappa shape index (κ3) is 3.10. The second-order valence-corrected chi connectivity index (χ2v) is 5.14. The Balaban J connectivity index is 2.04. The number of benzene rings is 1. The van der Waals surface area contributed by atoms with Crippen LogP contribution in [0, 0.1) is 11.8 Å². The first kappa shape index (κ1) is 13.5. The van der Waals surface area contributed by atoms with Gasteiger partial charge in [0.05, 0.1) is 12.7 Å². The third-order valence-corrected chi connectivity index (χ3v) is 3.57. The van der Waals surface area contributed by atoms with Gasteiger partial charge in [-0.05, 0) is 12.3 Å². The molecule has 3 nitrogen and oxygen atoms in total. The minimum absolute atomic E-state index is 0.149. The Morgan fingerprint density at radius 3 is 2.72 bits per heavy atom. The van der Waals surface area contributed by atoms with Gasteiger partial charge in [-0.15, -0.1) is 0 Å². The highest BCUT2D eigenvalue weighted by Gasteiger charge is 2.33. The van der Waals surface area contributed by atoms with Gasteiger partial charge in [-0.1, -0.05) is 44.2 Å². The standard InChI is InChI=1S/C15H22O3/c1-11(8-9-16)14-12(2)10-17-15(18-14)13-6-4-3-5-7-13/h3-7,11-12,14-16H,8-10H2,1-2H3. The van der Waals surface area contributed by atoms with Crippen LogP contribution in [-0.4, -0.2) is 24.4 Å². The zero-order valence-electron chi connectivity index (χ0n) is 11.1. The molecule has 0 saturated carbocycles. The fourth-order valence-corrected chi connectivity index (χ4v) is 2.50. The van der Waals surface area contributed by atoms with Gasteiger partial charge in [0, 0.05) is 18.1 Å². The number of ether oxygens (including phenoxy) is 2. The summed E-state index contributed by atoms with van der Waals surface area (Å²) in [6.07, 6.45) is 0.654. The quantitative estimate of drug-likeness (QED) is 0.893. The number of hydrogen-bond donors (Lipinski definition) is 1. The van der Waals surface area contributed by atoms with Gasteiger partial charge in [0.15, 0.2) is 6.29 Å². The van der Waals surface area contributed by atoms with Gasteiger partial charge in [-0.3, -0.25) is 0 Å². The Bertz CT molecular complexity index is 352. The molecule has 0 aliphatic carbocycles. The van der Waals surface area contributed by atoms with Crippen molar-refractivity contribution in [3.8, 4) is 0 Å². The molecule has 2 rings (SSSR count). The minimum atomic E-state index is -0.270. The van der Waals surface area contributed by atoms with Crippen molar-refractivity contribution in [3.05, 3.63) is 35.9 Å². The highest BCUT2D eigenvalue weighted by molar-refractivity contribution is 5.16. The molecule has 1 saturated heterocycles. The normalized spacial score (nSPS) is 30.1. The molecule has 0 amide bonds. The SMILES string of the molecule is CC(CCO)C1OC(c2ccccc2)OCC1C. The molecule has 1 N–H and O–H groups in total. The molecule has 0 radical (unpaired) electrons. The molecule has 18 heavy (non-hydrogen) atoms. The molecule has 1 aliphatic rings. The van der Waals surface area contributed by atoms with E-state index in [1.165, 1.54) is 0 Å². The molecule has 3 heteroatoms. The van der Waals surface area contributed by atoms with Crippen molar-refractivity contribution in [1.29, 1.82) is 0 Å². The van der Waals surface area contributed by atoms with Crippen LogP contribution in [0.1, 0.15) is 32.1 Å². The highest BCUT2D eigenvalue weighted by Crippen LogP contribution is 2.33. The number of rotatable bonds is 4. The molecule has 1 aliphatic heterocycles. The van der Waals surface area contributed by atoms with Crippen molar-refractivity contribution in [1.82, 2.24) is 0 Å². The minimum Gasteiger partial charge on any atom is -0.396 e. The first-order valence-corrected chi connectivity index (χ1v) is 6.65. The van der Waals surface area contributed by atoms with Crippen LogP contribution in [0.15, 0.2) is 30.3 Å². The summed E-state index contributed by atoms with van der Waals surface area (Å²) in [7, 11) is 0. The monoisotopic (exact) mass is 250 g/mol. The number of hydrogen-bond acceptors (Lipinski definition) is 3. The summed E-state index contributed by atoms with van der Waals surface area (Å²) in [6, 6.07) is 10.0. The smallest absolute Gasteiger partial charge is 0.184 e. The second-order valence-electron chi connectivity index (χ2n) is 5.14. The van der Waals surface area contributed by atoms with E-state index < -0.39 is 0 Å². The van der Waals surface area contributed by atoms with E-state index in [9.17, 15) is 0 Å².